The second kappa shape index (κ2) is 7.43. The van der Waals surface area contributed by atoms with E-state index in [2.05, 4.69) is 10.2 Å². The van der Waals surface area contributed by atoms with Crippen LogP contribution in [0.15, 0.2) is 30.3 Å². The SMILES string of the molecule is CN1C(=O)N(C2CCN(C(=O)OC(C)(C)C)c3ccccc32)Cc2nnc(Cl)cc21. The van der Waals surface area contributed by atoms with Gasteiger partial charge >= 0.3 is 12.1 Å². The zero-order valence-electron chi connectivity index (χ0n) is 17.4. The maximum absolute atomic E-state index is 13.2. The number of fused-ring (bicyclic) bond motifs is 2. The molecule has 2 aromatic rings. The number of rotatable bonds is 1. The number of hydrogen-bond donors (Lipinski definition) is 0. The van der Waals surface area contributed by atoms with Crippen LogP contribution in [0.3, 0.4) is 0 Å². The highest BCUT2D eigenvalue weighted by Crippen LogP contribution is 2.41. The van der Waals surface area contributed by atoms with Crippen LogP contribution in [-0.4, -0.2) is 46.4 Å². The van der Waals surface area contributed by atoms with Crippen molar-refractivity contribution < 1.29 is 14.3 Å². The van der Waals surface area contributed by atoms with E-state index in [0.29, 0.717) is 30.9 Å². The van der Waals surface area contributed by atoms with E-state index in [9.17, 15) is 9.59 Å². The van der Waals surface area contributed by atoms with Crippen molar-refractivity contribution in [2.45, 2.75) is 45.4 Å². The number of hydrogen-bond acceptors (Lipinski definition) is 5. The van der Waals surface area contributed by atoms with E-state index in [-0.39, 0.29) is 23.3 Å². The maximum Gasteiger partial charge on any atom is 0.414 e. The molecule has 0 saturated carbocycles. The van der Waals surface area contributed by atoms with Crippen LogP contribution < -0.4 is 9.80 Å². The molecule has 2 aliphatic heterocycles. The van der Waals surface area contributed by atoms with Gasteiger partial charge in [0, 0.05) is 19.7 Å². The average molecular weight is 430 g/mol. The summed E-state index contributed by atoms with van der Waals surface area (Å²) in [6, 6.07) is 8.95. The quantitative estimate of drug-likeness (QED) is 0.671. The topological polar surface area (TPSA) is 78.9 Å². The minimum atomic E-state index is -0.585. The van der Waals surface area contributed by atoms with Crippen LogP contribution in [0.1, 0.15) is 44.5 Å². The van der Waals surface area contributed by atoms with E-state index in [1.54, 1.807) is 27.8 Å². The van der Waals surface area contributed by atoms with Crippen LogP contribution in [0.5, 0.6) is 0 Å². The molecule has 0 radical (unpaired) electrons. The van der Waals surface area contributed by atoms with Crippen molar-refractivity contribution >= 4 is 35.1 Å². The number of benzene rings is 1. The highest BCUT2D eigenvalue weighted by Gasteiger charge is 2.39. The van der Waals surface area contributed by atoms with Gasteiger partial charge in [0.15, 0.2) is 5.15 Å². The molecule has 0 fully saturated rings. The van der Waals surface area contributed by atoms with Crippen molar-refractivity contribution in [3.8, 4) is 0 Å². The van der Waals surface area contributed by atoms with Crippen molar-refractivity contribution in [1.29, 1.82) is 0 Å². The predicted molar refractivity (Wildman–Crippen MR) is 114 cm³/mol. The fourth-order valence-corrected chi connectivity index (χ4v) is 4.07. The van der Waals surface area contributed by atoms with Crippen LogP contribution in [0.4, 0.5) is 21.0 Å². The second-order valence-corrected chi connectivity index (χ2v) is 8.85. The zero-order valence-corrected chi connectivity index (χ0v) is 18.2. The molecule has 0 spiro atoms. The van der Waals surface area contributed by atoms with Crippen LogP contribution in [0, 0.1) is 0 Å². The highest BCUT2D eigenvalue weighted by molar-refractivity contribution is 6.29. The molecular formula is C21H24ClN5O3. The van der Waals surface area contributed by atoms with Gasteiger partial charge in [0.25, 0.3) is 0 Å². The van der Waals surface area contributed by atoms with E-state index in [0.717, 1.165) is 11.3 Å². The lowest BCUT2D eigenvalue weighted by molar-refractivity contribution is 0.0572. The van der Waals surface area contributed by atoms with E-state index in [4.69, 9.17) is 16.3 Å². The molecule has 158 valence electrons. The third kappa shape index (κ3) is 3.67. The number of nitrogens with zero attached hydrogens (tertiary/aromatic N) is 5. The Morgan fingerprint density at radius 3 is 2.67 bits per heavy atom. The van der Waals surface area contributed by atoms with Crippen LogP contribution in [0.25, 0.3) is 0 Å². The van der Waals surface area contributed by atoms with Gasteiger partial charge in [-0.2, -0.15) is 5.10 Å². The summed E-state index contributed by atoms with van der Waals surface area (Å²) < 4.78 is 5.58. The Morgan fingerprint density at radius 2 is 1.93 bits per heavy atom. The van der Waals surface area contributed by atoms with Crippen molar-refractivity contribution in [2.75, 3.05) is 23.4 Å². The molecule has 0 aliphatic carbocycles. The van der Waals surface area contributed by atoms with E-state index < -0.39 is 5.60 Å². The molecule has 1 aromatic heterocycles. The largest absolute Gasteiger partial charge is 0.443 e. The number of amides is 3. The highest BCUT2D eigenvalue weighted by atomic mass is 35.5. The lowest BCUT2D eigenvalue weighted by Crippen LogP contribution is -2.50. The standard InChI is InChI=1S/C21H24ClN5O3/c1-21(2,3)30-20(29)26-10-9-16(13-7-5-6-8-15(13)26)27-12-14-17(25(4)19(27)28)11-18(22)24-23-14/h5-8,11,16H,9-10,12H2,1-4H3. The molecular weight excluding hydrogens is 406 g/mol. The summed E-state index contributed by atoms with van der Waals surface area (Å²) in [6.07, 6.45) is 0.202. The van der Waals surface area contributed by atoms with Crippen LogP contribution in [-0.2, 0) is 11.3 Å². The summed E-state index contributed by atoms with van der Waals surface area (Å²) >= 11 is 5.96. The number of carbonyl (C=O) groups is 2. The lowest BCUT2D eigenvalue weighted by atomic mass is 9.94. The third-order valence-corrected chi connectivity index (χ3v) is 5.42. The van der Waals surface area contributed by atoms with Crippen molar-refractivity contribution in [3.63, 3.8) is 0 Å². The molecule has 1 unspecified atom stereocenters. The fourth-order valence-electron chi connectivity index (χ4n) is 3.93. The van der Waals surface area contributed by atoms with E-state index in [1.807, 2.05) is 45.0 Å². The number of urea groups is 1. The Bertz CT molecular complexity index is 1010. The predicted octanol–water partition coefficient (Wildman–Crippen LogP) is 4.39. The molecule has 1 aromatic carbocycles. The molecule has 0 saturated heterocycles. The van der Waals surface area contributed by atoms with Gasteiger partial charge in [0.2, 0.25) is 0 Å². The summed E-state index contributed by atoms with van der Waals surface area (Å²) in [4.78, 5) is 30.9. The Morgan fingerprint density at radius 1 is 1.20 bits per heavy atom. The number of ether oxygens (including phenoxy) is 1. The third-order valence-electron chi connectivity index (χ3n) is 5.23. The Labute approximate surface area is 180 Å². The summed E-state index contributed by atoms with van der Waals surface area (Å²) in [7, 11) is 1.70. The monoisotopic (exact) mass is 429 g/mol. The smallest absolute Gasteiger partial charge is 0.414 e. The van der Waals surface area contributed by atoms with Gasteiger partial charge in [0.05, 0.1) is 24.0 Å². The molecule has 3 amide bonds. The van der Waals surface area contributed by atoms with Gasteiger partial charge in [-0.05, 0) is 38.8 Å². The molecule has 9 heteroatoms. The lowest BCUT2D eigenvalue weighted by Gasteiger charge is -2.43. The number of anilines is 2. The van der Waals surface area contributed by atoms with Crippen molar-refractivity contribution in [2.24, 2.45) is 0 Å². The van der Waals surface area contributed by atoms with Gasteiger partial charge in [-0.15, -0.1) is 5.10 Å². The first kappa shape index (κ1) is 20.4. The van der Waals surface area contributed by atoms with Gasteiger partial charge in [-0.1, -0.05) is 29.8 Å². The van der Waals surface area contributed by atoms with Gasteiger partial charge in [0.1, 0.15) is 11.3 Å². The van der Waals surface area contributed by atoms with Gasteiger partial charge < -0.3 is 9.64 Å². The average Bonchev–Trinajstić information content (AvgIpc) is 2.69. The molecule has 1 atom stereocenters. The second-order valence-electron chi connectivity index (χ2n) is 8.46. The molecule has 2 aliphatic rings. The van der Waals surface area contributed by atoms with E-state index >= 15 is 0 Å². The fraction of sp³-hybridized carbons (Fsp3) is 0.429. The minimum Gasteiger partial charge on any atom is -0.443 e. The maximum atomic E-state index is 13.2. The first-order valence-corrected chi connectivity index (χ1v) is 10.2. The molecule has 0 N–H and O–H groups in total. The van der Waals surface area contributed by atoms with Crippen molar-refractivity contribution in [1.82, 2.24) is 15.1 Å². The Balaban J connectivity index is 1.67. The van der Waals surface area contributed by atoms with Gasteiger partial charge in [-0.25, -0.2) is 9.59 Å². The summed E-state index contributed by atoms with van der Waals surface area (Å²) in [5.41, 5.74) is 2.43. The first-order valence-electron chi connectivity index (χ1n) is 9.81. The summed E-state index contributed by atoms with van der Waals surface area (Å²) in [5, 5.41) is 8.36. The van der Waals surface area contributed by atoms with Gasteiger partial charge in [-0.3, -0.25) is 9.80 Å². The van der Waals surface area contributed by atoms with Crippen molar-refractivity contribution in [3.05, 3.63) is 46.7 Å². The Kier molecular flexibility index (Phi) is 5.05. The molecule has 3 heterocycles. The Hall–Kier alpha value is -2.87. The number of carbonyl (C=O) groups excluding carboxylic acids is 2. The van der Waals surface area contributed by atoms with Crippen LogP contribution >= 0.6 is 11.6 Å². The molecule has 4 rings (SSSR count). The summed E-state index contributed by atoms with van der Waals surface area (Å²) in [6.45, 7) is 6.31. The van der Waals surface area contributed by atoms with Crippen LogP contribution in [0.2, 0.25) is 5.15 Å². The molecule has 0 bridgehead atoms. The first-order chi connectivity index (χ1) is 14.2. The summed E-state index contributed by atoms with van der Waals surface area (Å²) in [5.74, 6) is 0. The zero-order chi connectivity index (χ0) is 21.6. The minimum absolute atomic E-state index is 0.142. The number of halogens is 1. The number of aromatic nitrogens is 2. The molecule has 30 heavy (non-hydrogen) atoms. The van der Waals surface area contributed by atoms with E-state index in [1.165, 1.54) is 0 Å². The normalized spacial score (nSPS) is 18.8. The molecule has 8 nitrogen and oxygen atoms in total. The number of para-hydroxylation sites is 1.